The van der Waals surface area contributed by atoms with Crippen molar-refractivity contribution in [3.63, 3.8) is 0 Å². The van der Waals surface area contributed by atoms with Gasteiger partial charge in [-0.2, -0.15) is 0 Å². The fraction of sp³-hybridized carbons (Fsp3) is 0. The number of nitrogens with zero attached hydrogens (tertiary/aromatic N) is 4. The molecule has 282 valence electrons. The zero-order valence-electron chi connectivity index (χ0n) is 32.7. The van der Waals surface area contributed by atoms with Gasteiger partial charge in [-0.15, -0.1) is 11.3 Å². The number of aromatic nitrogens is 4. The van der Waals surface area contributed by atoms with Crippen LogP contribution in [0.15, 0.2) is 194 Å². The predicted molar refractivity (Wildman–Crippen MR) is 256 cm³/mol. The Bertz CT molecular complexity index is 3990. The molecule has 0 spiro atoms. The lowest BCUT2D eigenvalue weighted by Gasteiger charge is -2.13. The predicted octanol–water partition coefficient (Wildman–Crippen LogP) is 15.2. The third-order valence-corrected chi connectivity index (χ3v) is 14.1. The first-order valence-corrected chi connectivity index (χ1v) is 21.6. The molecule has 0 saturated heterocycles. The summed E-state index contributed by atoms with van der Waals surface area (Å²) in [5.41, 5.74) is 16.2. The van der Waals surface area contributed by atoms with Gasteiger partial charge in [0, 0.05) is 48.3 Å². The number of hydrogen-bond acceptors (Lipinski definition) is 3. The molecular weight excluding hydrogens is 761 g/mol. The van der Waals surface area contributed by atoms with Crippen molar-refractivity contribution < 1.29 is 0 Å². The van der Waals surface area contributed by atoms with Crippen molar-refractivity contribution in [3.05, 3.63) is 194 Å². The van der Waals surface area contributed by atoms with Crippen molar-refractivity contribution in [1.29, 1.82) is 0 Å². The lowest BCUT2D eigenvalue weighted by Crippen LogP contribution is -2.02. The summed E-state index contributed by atoms with van der Waals surface area (Å²) in [5.74, 6) is 0.666. The first-order chi connectivity index (χ1) is 30.3. The van der Waals surface area contributed by atoms with Crippen LogP contribution in [-0.4, -0.2) is 19.1 Å². The molecule has 14 rings (SSSR count). The molecule has 1 aliphatic heterocycles. The maximum absolute atomic E-state index is 5.57. The third-order valence-electron chi connectivity index (χ3n) is 12.9. The van der Waals surface area contributed by atoms with Crippen LogP contribution >= 0.6 is 11.3 Å². The average molecular weight is 793 g/mol. The molecule has 1 aliphatic rings. The molecule has 5 heterocycles. The second kappa shape index (κ2) is 12.3. The van der Waals surface area contributed by atoms with Crippen molar-refractivity contribution in [1.82, 2.24) is 19.1 Å². The topological polar surface area (TPSA) is 35.6 Å². The molecule has 0 amide bonds. The molecule has 9 aromatic carbocycles. The zero-order chi connectivity index (χ0) is 39.8. The van der Waals surface area contributed by atoms with Gasteiger partial charge in [0.2, 0.25) is 5.95 Å². The van der Waals surface area contributed by atoms with Crippen LogP contribution in [0, 0.1) is 0 Å². The highest BCUT2D eigenvalue weighted by Gasteiger charge is 2.26. The maximum atomic E-state index is 5.57. The molecule has 0 radical (unpaired) electrons. The summed E-state index contributed by atoms with van der Waals surface area (Å²) in [4.78, 5) is 11.1. The molecule has 13 aromatic rings. The SMILES string of the molecule is c1ccc2c(c1)-c1ccccc1-n1c3cc4c5ccccc5n(-c5nc(-c6ccc(-c7cccc8ccccc78)cc6)c6sc7ccccc7c6n5)c4cc3c3cccc-2c31. The van der Waals surface area contributed by atoms with Crippen LogP contribution in [0.2, 0.25) is 0 Å². The molecular formula is C56H32N4S. The monoisotopic (exact) mass is 792 g/mol. The van der Waals surface area contributed by atoms with E-state index in [1.165, 1.54) is 87.1 Å². The molecule has 0 bridgehead atoms. The Kier molecular flexibility index (Phi) is 6.68. The summed E-state index contributed by atoms with van der Waals surface area (Å²) in [6.07, 6.45) is 0. The molecule has 4 aromatic heterocycles. The quantitative estimate of drug-likeness (QED) is 0.179. The van der Waals surface area contributed by atoms with Crippen molar-refractivity contribution >= 4 is 86.0 Å². The Morgan fingerprint density at radius 1 is 0.377 bits per heavy atom. The van der Waals surface area contributed by atoms with Crippen molar-refractivity contribution in [2.75, 3.05) is 0 Å². The summed E-state index contributed by atoms with van der Waals surface area (Å²) < 4.78 is 7.09. The van der Waals surface area contributed by atoms with E-state index >= 15 is 0 Å². The number of fused-ring (bicyclic) bond motifs is 15. The van der Waals surface area contributed by atoms with E-state index in [1.54, 1.807) is 11.3 Å². The van der Waals surface area contributed by atoms with Crippen LogP contribution in [0.1, 0.15) is 0 Å². The number of rotatable bonds is 3. The van der Waals surface area contributed by atoms with E-state index in [0.717, 1.165) is 37.9 Å². The van der Waals surface area contributed by atoms with Crippen LogP contribution in [0.25, 0.3) is 131 Å². The highest BCUT2D eigenvalue weighted by molar-refractivity contribution is 7.26. The fourth-order valence-corrected chi connectivity index (χ4v) is 11.4. The van der Waals surface area contributed by atoms with Crippen LogP contribution in [0.4, 0.5) is 0 Å². The lowest BCUT2D eigenvalue weighted by molar-refractivity contribution is 1.02. The Labute approximate surface area is 353 Å². The minimum absolute atomic E-state index is 0.666. The summed E-state index contributed by atoms with van der Waals surface area (Å²) in [6.45, 7) is 0. The second-order valence-electron chi connectivity index (χ2n) is 16.1. The van der Waals surface area contributed by atoms with Gasteiger partial charge in [-0.1, -0.05) is 164 Å². The van der Waals surface area contributed by atoms with Gasteiger partial charge in [0.25, 0.3) is 0 Å². The highest BCUT2D eigenvalue weighted by atomic mass is 32.1. The molecule has 0 unspecified atom stereocenters. The van der Waals surface area contributed by atoms with Crippen LogP contribution < -0.4 is 0 Å². The lowest BCUT2D eigenvalue weighted by atomic mass is 9.94. The largest absolute Gasteiger partial charge is 0.308 e. The summed E-state index contributed by atoms with van der Waals surface area (Å²) in [6, 6.07) is 70.7. The highest BCUT2D eigenvalue weighted by Crippen LogP contribution is 2.48. The number of para-hydroxylation sites is 3. The van der Waals surface area contributed by atoms with E-state index in [0.29, 0.717) is 5.95 Å². The van der Waals surface area contributed by atoms with Gasteiger partial charge in [-0.3, -0.25) is 4.57 Å². The molecule has 0 aliphatic carbocycles. The van der Waals surface area contributed by atoms with E-state index in [9.17, 15) is 0 Å². The van der Waals surface area contributed by atoms with Crippen molar-refractivity contribution in [2.45, 2.75) is 0 Å². The van der Waals surface area contributed by atoms with Gasteiger partial charge in [0.1, 0.15) is 0 Å². The van der Waals surface area contributed by atoms with Gasteiger partial charge in [0.15, 0.2) is 0 Å². The Balaban J connectivity index is 1.05. The molecule has 5 heteroatoms. The maximum Gasteiger partial charge on any atom is 0.235 e. The van der Waals surface area contributed by atoms with Crippen LogP contribution in [-0.2, 0) is 0 Å². The first-order valence-electron chi connectivity index (χ1n) is 20.7. The zero-order valence-corrected chi connectivity index (χ0v) is 33.5. The van der Waals surface area contributed by atoms with Gasteiger partial charge in [0.05, 0.1) is 43.7 Å². The summed E-state index contributed by atoms with van der Waals surface area (Å²) in [5, 5.41) is 8.40. The fourth-order valence-electron chi connectivity index (χ4n) is 10.2. The molecule has 4 nitrogen and oxygen atoms in total. The van der Waals surface area contributed by atoms with E-state index < -0.39 is 0 Å². The van der Waals surface area contributed by atoms with E-state index in [4.69, 9.17) is 9.97 Å². The van der Waals surface area contributed by atoms with E-state index in [-0.39, 0.29) is 0 Å². The Morgan fingerprint density at radius 2 is 0.967 bits per heavy atom. The number of thiophene rings is 1. The molecule has 0 N–H and O–H groups in total. The van der Waals surface area contributed by atoms with E-state index in [2.05, 4.69) is 203 Å². The smallest absolute Gasteiger partial charge is 0.235 e. The number of hydrogen-bond donors (Lipinski definition) is 0. The Morgan fingerprint density at radius 3 is 1.84 bits per heavy atom. The van der Waals surface area contributed by atoms with Crippen LogP contribution in [0.5, 0.6) is 0 Å². The van der Waals surface area contributed by atoms with Gasteiger partial charge < -0.3 is 4.57 Å². The second-order valence-corrected chi connectivity index (χ2v) is 17.1. The van der Waals surface area contributed by atoms with Crippen molar-refractivity contribution in [2.24, 2.45) is 0 Å². The molecule has 0 saturated carbocycles. The summed E-state index contributed by atoms with van der Waals surface area (Å²) in [7, 11) is 0. The minimum Gasteiger partial charge on any atom is -0.308 e. The van der Waals surface area contributed by atoms with Gasteiger partial charge in [-0.05, 0) is 63.4 Å². The first kappa shape index (κ1) is 33.0. The molecule has 61 heavy (non-hydrogen) atoms. The minimum atomic E-state index is 0.666. The molecule has 0 fully saturated rings. The number of benzene rings is 9. The molecule has 0 atom stereocenters. The normalized spacial score (nSPS) is 12.3. The summed E-state index contributed by atoms with van der Waals surface area (Å²) >= 11 is 1.77. The Hall–Kier alpha value is -7.86. The van der Waals surface area contributed by atoms with Crippen molar-refractivity contribution in [3.8, 4) is 56.3 Å². The van der Waals surface area contributed by atoms with Gasteiger partial charge >= 0.3 is 0 Å². The van der Waals surface area contributed by atoms with Crippen LogP contribution in [0.3, 0.4) is 0 Å². The average Bonchev–Trinajstić information content (AvgIpc) is 3.95. The standard InChI is InChI=1S/C56H32N4S/c1-2-15-36-33(13-1)14-11-21-37(36)34-27-29-35(30-28-34)52-55-53(44-20-7-10-26-51(44)61-55)58-56(57-52)60-48-25-9-6-19-41(48)45-31-49-46(32-50(45)60)43-23-12-22-42-39-17-4-3-16-38(39)40-18-5-8-24-47(40)59(49)54(42)43/h1-32H. The third kappa shape index (κ3) is 4.58. The van der Waals surface area contributed by atoms with E-state index in [1.807, 2.05) is 0 Å². The van der Waals surface area contributed by atoms with Gasteiger partial charge in [-0.25, -0.2) is 9.97 Å².